The fourth-order valence-corrected chi connectivity index (χ4v) is 3.48. The predicted molar refractivity (Wildman–Crippen MR) is 109 cm³/mol. The van der Waals surface area contributed by atoms with Crippen molar-refractivity contribution < 1.29 is 24.5 Å². The third-order valence-electron chi connectivity index (χ3n) is 4.07. The van der Waals surface area contributed by atoms with Gasteiger partial charge < -0.3 is 14.9 Å². The summed E-state index contributed by atoms with van der Waals surface area (Å²) in [6.45, 7) is 3.93. The van der Waals surface area contributed by atoms with Crippen LogP contribution in [0.3, 0.4) is 0 Å². The van der Waals surface area contributed by atoms with Crippen LogP contribution in [0.2, 0.25) is 0 Å². The fraction of sp³-hybridized carbons (Fsp3) is 0.381. The highest BCUT2D eigenvalue weighted by atomic mass is 32.2. The van der Waals surface area contributed by atoms with Crippen molar-refractivity contribution in [3.8, 4) is 11.5 Å². The maximum Gasteiger partial charge on any atom is 0.307 e. The Bertz CT molecular complexity index is 820. The molecular formula is C21H25NO5S. The first-order chi connectivity index (χ1) is 13.4. The summed E-state index contributed by atoms with van der Waals surface area (Å²) in [5.41, 5.74) is 1.68. The van der Waals surface area contributed by atoms with Crippen molar-refractivity contribution in [3.63, 3.8) is 0 Å². The Morgan fingerprint density at radius 3 is 2.61 bits per heavy atom. The zero-order valence-electron chi connectivity index (χ0n) is 16.1. The number of thioether (sulfide) groups is 1. The van der Waals surface area contributed by atoms with E-state index in [4.69, 9.17) is 9.84 Å². The van der Waals surface area contributed by atoms with Crippen LogP contribution >= 0.6 is 11.8 Å². The van der Waals surface area contributed by atoms with Crippen molar-refractivity contribution in [1.82, 2.24) is 4.98 Å². The van der Waals surface area contributed by atoms with Gasteiger partial charge in [0.05, 0.1) is 23.6 Å². The summed E-state index contributed by atoms with van der Waals surface area (Å²) in [5.74, 6) is 0.396. The molecule has 0 aliphatic rings. The molecule has 1 aromatic heterocycles. The average molecular weight is 404 g/mol. The van der Waals surface area contributed by atoms with Crippen molar-refractivity contribution in [3.05, 3.63) is 47.2 Å². The lowest BCUT2D eigenvalue weighted by molar-refractivity contribution is -0.136. The minimum absolute atomic E-state index is 0.0203. The van der Waals surface area contributed by atoms with Crippen LogP contribution in [-0.2, 0) is 17.6 Å². The molecule has 0 bridgehead atoms. The number of rotatable bonds is 11. The van der Waals surface area contributed by atoms with E-state index in [1.165, 1.54) is 6.92 Å². The van der Waals surface area contributed by atoms with E-state index >= 15 is 0 Å². The normalized spacial score (nSPS) is 10.6. The molecule has 1 heterocycles. The molecule has 7 heteroatoms. The number of pyridine rings is 1. The Labute approximate surface area is 169 Å². The van der Waals surface area contributed by atoms with Gasteiger partial charge in [-0.05, 0) is 43.5 Å². The monoisotopic (exact) mass is 403 g/mol. The first-order valence-electron chi connectivity index (χ1n) is 9.20. The Morgan fingerprint density at radius 2 is 2.00 bits per heavy atom. The van der Waals surface area contributed by atoms with Gasteiger partial charge in [0, 0.05) is 17.5 Å². The maximum absolute atomic E-state index is 11.6. The maximum atomic E-state index is 11.6. The Hall–Kier alpha value is -2.54. The molecule has 0 radical (unpaired) electrons. The number of hydrogen-bond donors (Lipinski definition) is 2. The smallest absolute Gasteiger partial charge is 0.307 e. The molecule has 0 unspecified atom stereocenters. The molecule has 0 fully saturated rings. The Kier molecular flexibility index (Phi) is 8.32. The molecule has 0 amide bonds. The van der Waals surface area contributed by atoms with E-state index in [9.17, 15) is 14.7 Å². The Balaban J connectivity index is 1.85. The largest absolute Gasteiger partial charge is 0.507 e. The quantitative estimate of drug-likeness (QED) is 0.331. The molecule has 6 nitrogen and oxygen atoms in total. The second-order valence-corrected chi connectivity index (χ2v) is 7.49. The number of phenolic OH excluding ortho intramolecular Hbond substituents is 1. The number of carbonyl (C=O) groups is 2. The van der Waals surface area contributed by atoms with Crippen LogP contribution in [0.25, 0.3) is 0 Å². The van der Waals surface area contributed by atoms with Gasteiger partial charge in [-0.25, -0.2) is 4.98 Å². The molecule has 0 spiro atoms. The second-order valence-electron chi connectivity index (χ2n) is 6.37. The second kappa shape index (κ2) is 10.7. The predicted octanol–water partition coefficient (Wildman–Crippen LogP) is 4.13. The highest BCUT2D eigenvalue weighted by Gasteiger charge is 2.15. The standard InChI is InChI=1S/C21H25NO5S/c1-3-5-17-18(8-7-16(14(2)23)21(17)26)27-10-4-11-28-19-9-6-15(13-22-19)12-20(24)25/h6-9,13,26H,3-5,10-12H2,1-2H3,(H,24,25). The zero-order chi connectivity index (χ0) is 20.5. The number of Topliss-reactive ketones (excluding diaryl/α,β-unsaturated/α-hetero) is 1. The molecule has 0 atom stereocenters. The van der Waals surface area contributed by atoms with Gasteiger partial charge in [0.2, 0.25) is 0 Å². The summed E-state index contributed by atoms with van der Waals surface area (Å²) in [6, 6.07) is 6.94. The van der Waals surface area contributed by atoms with Crippen LogP contribution in [0.1, 0.15) is 48.2 Å². The highest BCUT2D eigenvalue weighted by Crippen LogP contribution is 2.33. The first-order valence-corrected chi connectivity index (χ1v) is 10.2. The lowest BCUT2D eigenvalue weighted by Gasteiger charge is -2.14. The Morgan fingerprint density at radius 1 is 1.21 bits per heavy atom. The fourth-order valence-electron chi connectivity index (χ4n) is 2.72. The van der Waals surface area contributed by atoms with Crippen molar-refractivity contribution in [2.75, 3.05) is 12.4 Å². The van der Waals surface area contributed by atoms with Gasteiger partial charge in [0.15, 0.2) is 5.78 Å². The van der Waals surface area contributed by atoms with Gasteiger partial charge in [0.1, 0.15) is 11.5 Å². The van der Waals surface area contributed by atoms with Crippen molar-refractivity contribution in [2.45, 2.75) is 44.6 Å². The van der Waals surface area contributed by atoms with Crippen LogP contribution in [-0.4, -0.2) is 39.3 Å². The van der Waals surface area contributed by atoms with E-state index in [1.54, 1.807) is 36.2 Å². The van der Waals surface area contributed by atoms with Gasteiger partial charge >= 0.3 is 5.97 Å². The molecule has 2 rings (SSSR count). The van der Waals surface area contributed by atoms with E-state index in [0.29, 0.717) is 35.5 Å². The number of aromatic nitrogens is 1. The first kappa shape index (κ1) is 21.8. The van der Waals surface area contributed by atoms with E-state index < -0.39 is 5.97 Å². The molecule has 0 saturated carbocycles. The third-order valence-corrected chi connectivity index (χ3v) is 5.10. The molecule has 2 N–H and O–H groups in total. The summed E-state index contributed by atoms with van der Waals surface area (Å²) in [4.78, 5) is 26.5. The minimum Gasteiger partial charge on any atom is -0.507 e. The van der Waals surface area contributed by atoms with E-state index in [0.717, 1.165) is 23.6 Å². The van der Waals surface area contributed by atoms with Crippen LogP contribution in [0.4, 0.5) is 0 Å². The number of nitrogens with zero attached hydrogens (tertiary/aromatic N) is 1. The van der Waals surface area contributed by atoms with Gasteiger partial charge in [-0.15, -0.1) is 11.8 Å². The molecule has 0 aliphatic carbocycles. The van der Waals surface area contributed by atoms with E-state index in [2.05, 4.69) is 4.98 Å². The van der Waals surface area contributed by atoms with Crippen molar-refractivity contribution in [1.29, 1.82) is 0 Å². The van der Waals surface area contributed by atoms with Crippen LogP contribution < -0.4 is 4.74 Å². The molecule has 0 saturated heterocycles. The summed E-state index contributed by atoms with van der Waals surface area (Å²) >= 11 is 1.57. The molecule has 2 aromatic rings. The van der Waals surface area contributed by atoms with Crippen LogP contribution in [0.5, 0.6) is 11.5 Å². The number of carboxylic acids is 1. The SMILES string of the molecule is CCCc1c(OCCCSc2ccc(CC(=O)O)cn2)ccc(C(C)=O)c1O. The molecule has 150 valence electrons. The topological polar surface area (TPSA) is 96.7 Å². The summed E-state index contributed by atoms with van der Waals surface area (Å²) < 4.78 is 5.84. The zero-order valence-corrected chi connectivity index (χ0v) is 16.9. The lowest BCUT2D eigenvalue weighted by atomic mass is 10.0. The number of aromatic hydroxyl groups is 1. The van der Waals surface area contributed by atoms with E-state index in [1.807, 2.05) is 13.0 Å². The van der Waals surface area contributed by atoms with E-state index in [-0.39, 0.29) is 18.0 Å². The van der Waals surface area contributed by atoms with Crippen LogP contribution in [0, 0.1) is 0 Å². The molecular weight excluding hydrogens is 378 g/mol. The average Bonchev–Trinajstić information content (AvgIpc) is 2.64. The molecule has 0 aliphatic heterocycles. The number of aliphatic carboxylic acids is 1. The van der Waals surface area contributed by atoms with Gasteiger partial charge in [0.25, 0.3) is 0 Å². The minimum atomic E-state index is -0.871. The third kappa shape index (κ3) is 6.27. The van der Waals surface area contributed by atoms with Gasteiger partial charge in [-0.1, -0.05) is 19.4 Å². The van der Waals surface area contributed by atoms with Crippen molar-refractivity contribution >= 4 is 23.5 Å². The van der Waals surface area contributed by atoms with Crippen molar-refractivity contribution in [2.24, 2.45) is 0 Å². The molecule has 1 aromatic carbocycles. The number of hydrogen-bond acceptors (Lipinski definition) is 6. The number of phenols is 1. The van der Waals surface area contributed by atoms with Crippen LogP contribution in [0.15, 0.2) is 35.5 Å². The number of benzene rings is 1. The summed E-state index contributed by atoms with van der Waals surface area (Å²) in [5, 5.41) is 20.0. The van der Waals surface area contributed by atoms with Gasteiger partial charge in [-0.2, -0.15) is 0 Å². The summed E-state index contributed by atoms with van der Waals surface area (Å²) in [6.07, 6.45) is 3.82. The number of carbonyl (C=O) groups excluding carboxylic acids is 1. The summed E-state index contributed by atoms with van der Waals surface area (Å²) in [7, 11) is 0. The highest BCUT2D eigenvalue weighted by molar-refractivity contribution is 7.99. The number of ether oxygens (including phenoxy) is 1. The molecule has 28 heavy (non-hydrogen) atoms. The number of carboxylic acid groups (broad SMARTS) is 1. The number of ketones is 1. The lowest BCUT2D eigenvalue weighted by Crippen LogP contribution is -2.04. The van der Waals surface area contributed by atoms with Gasteiger partial charge in [-0.3, -0.25) is 9.59 Å².